The first-order valence-electron chi connectivity index (χ1n) is 6.86. The first kappa shape index (κ1) is 16.6. The van der Waals surface area contributed by atoms with E-state index in [1.807, 2.05) is 0 Å². The van der Waals surface area contributed by atoms with Gasteiger partial charge in [0.05, 0.1) is 17.7 Å². The van der Waals surface area contributed by atoms with E-state index in [0.717, 1.165) is 40.4 Å². The molecule has 0 aromatic heterocycles. The normalized spacial score (nSPS) is 16.1. The van der Waals surface area contributed by atoms with Crippen LogP contribution in [0.3, 0.4) is 0 Å². The van der Waals surface area contributed by atoms with Gasteiger partial charge in [-0.3, -0.25) is 9.69 Å². The Morgan fingerprint density at radius 3 is 2.54 bits per heavy atom. The molecule has 0 N–H and O–H groups in total. The monoisotopic (exact) mass is 363 g/mol. The molecule has 1 amide bonds. The van der Waals surface area contributed by atoms with Gasteiger partial charge < -0.3 is 4.74 Å². The van der Waals surface area contributed by atoms with Crippen molar-refractivity contribution in [1.82, 2.24) is 0 Å². The Morgan fingerprint density at radius 1 is 1.17 bits per heavy atom. The molecule has 0 unspecified atom stereocenters. The highest BCUT2D eigenvalue weighted by molar-refractivity contribution is 8.27. The highest BCUT2D eigenvalue weighted by Gasteiger charge is 2.35. The maximum Gasteiger partial charge on any atom is 0.270 e. The zero-order chi connectivity index (χ0) is 17.3. The Labute approximate surface area is 146 Å². The van der Waals surface area contributed by atoms with Crippen molar-refractivity contribution < 1.29 is 18.3 Å². The van der Waals surface area contributed by atoms with Crippen molar-refractivity contribution in [2.24, 2.45) is 0 Å². The molecule has 1 saturated heterocycles. The van der Waals surface area contributed by atoms with E-state index in [1.165, 1.54) is 0 Å². The number of hydrogen-bond acceptors (Lipinski definition) is 4. The van der Waals surface area contributed by atoms with Crippen molar-refractivity contribution in [2.45, 2.75) is 0 Å². The van der Waals surface area contributed by atoms with E-state index in [2.05, 4.69) is 0 Å². The van der Waals surface area contributed by atoms with Gasteiger partial charge in [0.1, 0.15) is 17.4 Å². The van der Waals surface area contributed by atoms with Crippen molar-refractivity contribution >= 4 is 46.0 Å². The molecule has 1 aliphatic heterocycles. The highest BCUT2D eigenvalue weighted by Crippen LogP contribution is 2.37. The summed E-state index contributed by atoms with van der Waals surface area (Å²) in [6, 6.07) is 10.0. The van der Waals surface area contributed by atoms with Gasteiger partial charge in [0.25, 0.3) is 5.91 Å². The van der Waals surface area contributed by atoms with Gasteiger partial charge in [0, 0.05) is 6.07 Å². The quantitative estimate of drug-likeness (QED) is 0.598. The number of hydrogen-bond donors (Lipinski definition) is 0. The van der Waals surface area contributed by atoms with E-state index < -0.39 is 17.5 Å². The maximum absolute atomic E-state index is 13.9. The fourth-order valence-electron chi connectivity index (χ4n) is 2.18. The lowest BCUT2D eigenvalue weighted by Gasteiger charge is -2.15. The molecule has 122 valence electrons. The molecular weight excluding hydrogens is 352 g/mol. The summed E-state index contributed by atoms with van der Waals surface area (Å²) in [6.07, 6.45) is 1.65. The Hall–Kier alpha value is -2.25. The van der Waals surface area contributed by atoms with E-state index in [1.54, 1.807) is 37.5 Å². The average molecular weight is 363 g/mol. The van der Waals surface area contributed by atoms with Crippen molar-refractivity contribution in [3.8, 4) is 5.75 Å². The molecule has 2 aromatic rings. The standard InChI is InChI=1S/C17H11F2NO2S2/c1-22-12-5-2-10(3-6-12)8-15-16(21)20(17(23)24-15)14-9-11(18)4-7-13(14)19/h2-9H,1H3/b15-8+. The molecule has 0 saturated carbocycles. The van der Waals surface area contributed by atoms with Crippen LogP contribution in [0.25, 0.3) is 6.08 Å². The van der Waals surface area contributed by atoms with Gasteiger partial charge in [-0.25, -0.2) is 8.78 Å². The lowest BCUT2D eigenvalue weighted by Crippen LogP contribution is -2.28. The number of carbonyl (C=O) groups is 1. The van der Waals surface area contributed by atoms with Crippen LogP contribution < -0.4 is 9.64 Å². The Bertz CT molecular complexity index is 850. The van der Waals surface area contributed by atoms with Gasteiger partial charge in [-0.1, -0.05) is 36.1 Å². The number of nitrogens with zero attached hydrogens (tertiary/aromatic N) is 1. The molecule has 1 fully saturated rings. The van der Waals surface area contributed by atoms with Crippen LogP contribution in [0.4, 0.5) is 14.5 Å². The Kier molecular flexibility index (Phi) is 4.64. The van der Waals surface area contributed by atoms with Crippen LogP contribution in [0.5, 0.6) is 5.75 Å². The van der Waals surface area contributed by atoms with Gasteiger partial charge in [0.2, 0.25) is 0 Å². The molecule has 7 heteroatoms. The van der Waals surface area contributed by atoms with Gasteiger partial charge in [-0.05, 0) is 35.9 Å². The summed E-state index contributed by atoms with van der Waals surface area (Å²) in [5, 5.41) is 0. The summed E-state index contributed by atoms with van der Waals surface area (Å²) in [4.78, 5) is 13.9. The number of thiocarbonyl (C=S) groups is 1. The van der Waals surface area contributed by atoms with E-state index in [9.17, 15) is 13.6 Å². The second kappa shape index (κ2) is 6.70. The third-order valence-electron chi connectivity index (χ3n) is 3.36. The topological polar surface area (TPSA) is 29.5 Å². The van der Waals surface area contributed by atoms with Crippen LogP contribution in [0.15, 0.2) is 47.4 Å². The predicted molar refractivity (Wildman–Crippen MR) is 95.0 cm³/mol. The number of benzene rings is 2. The Morgan fingerprint density at radius 2 is 1.88 bits per heavy atom. The zero-order valence-corrected chi connectivity index (χ0v) is 14.1. The third kappa shape index (κ3) is 3.18. The second-order valence-corrected chi connectivity index (χ2v) is 6.56. The van der Waals surface area contributed by atoms with Crippen LogP contribution in [0, 0.1) is 11.6 Å². The Balaban J connectivity index is 1.93. The molecule has 3 rings (SSSR count). The number of halogens is 2. The SMILES string of the molecule is COc1ccc(/C=C2/SC(=S)N(c3cc(F)ccc3F)C2=O)cc1. The summed E-state index contributed by atoms with van der Waals surface area (Å²) in [5.74, 6) is -1.13. The second-order valence-electron chi connectivity index (χ2n) is 4.89. The smallest absolute Gasteiger partial charge is 0.270 e. The number of amides is 1. The van der Waals surface area contributed by atoms with Crippen LogP contribution in [-0.4, -0.2) is 17.3 Å². The van der Waals surface area contributed by atoms with E-state index in [-0.39, 0.29) is 10.0 Å². The lowest BCUT2D eigenvalue weighted by atomic mass is 10.2. The average Bonchev–Trinajstić information content (AvgIpc) is 2.84. The summed E-state index contributed by atoms with van der Waals surface area (Å²) < 4.78 is 32.6. The number of methoxy groups -OCH3 is 1. The minimum absolute atomic E-state index is 0.157. The number of anilines is 1. The number of ether oxygens (including phenoxy) is 1. The third-order valence-corrected chi connectivity index (χ3v) is 4.66. The summed E-state index contributed by atoms with van der Waals surface area (Å²) in [5.41, 5.74) is 0.589. The first-order chi connectivity index (χ1) is 11.5. The molecule has 24 heavy (non-hydrogen) atoms. The predicted octanol–water partition coefficient (Wildman–Crippen LogP) is 4.38. The molecule has 2 aromatic carbocycles. The minimum Gasteiger partial charge on any atom is -0.497 e. The largest absolute Gasteiger partial charge is 0.497 e. The van der Waals surface area contributed by atoms with Crippen LogP contribution in [0.1, 0.15) is 5.56 Å². The van der Waals surface area contributed by atoms with Crippen LogP contribution in [0.2, 0.25) is 0 Å². The molecule has 0 spiro atoms. The summed E-state index contributed by atoms with van der Waals surface area (Å²) in [6.45, 7) is 0. The first-order valence-corrected chi connectivity index (χ1v) is 8.09. The van der Waals surface area contributed by atoms with Crippen molar-refractivity contribution in [3.63, 3.8) is 0 Å². The lowest BCUT2D eigenvalue weighted by molar-refractivity contribution is -0.113. The van der Waals surface area contributed by atoms with Crippen LogP contribution >= 0.6 is 24.0 Å². The van der Waals surface area contributed by atoms with E-state index in [0.29, 0.717) is 10.7 Å². The van der Waals surface area contributed by atoms with E-state index in [4.69, 9.17) is 17.0 Å². The van der Waals surface area contributed by atoms with Gasteiger partial charge >= 0.3 is 0 Å². The molecular formula is C17H11F2NO2S2. The molecule has 1 aliphatic rings. The molecule has 1 heterocycles. The fourth-order valence-corrected chi connectivity index (χ4v) is 3.47. The zero-order valence-electron chi connectivity index (χ0n) is 12.5. The minimum atomic E-state index is -0.710. The fraction of sp³-hybridized carbons (Fsp3) is 0.0588. The molecule has 0 radical (unpaired) electrons. The van der Waals surface area contributed by atoms with Gasteiger partial charge in [-0.15, -0.1) is 0 Å². The van der Waals surface area contributed by atoms with Crippen LogP contribution in [-0.2, 0) is 4.79 Å². The summed E-state index contributed by atoms with van der Waals surface area (Å²) >= 11 is 6.20. The van der Waals surface area contributed by atoms with Crippen molar-refractivity contribution in [1.29, 1.82) is 0 Å². The number of carbonyl (C=O) groups excluding carboxylic acids is 1. The summed E-state index contributed by atoms with van der Waals surface area (Å²) in [7, 11) is 1.56. The highest BCUT2D eigenvalue weighted by atomic mass is 32.2. The number of rotatable bonds is 3. The molecule has 0 aliphatic carbocycles. The number of thioether (sulfide) groups is 1. The van der Waals surface area contributed by atoms with E-state index >= 15 is 0 Å². The van der Waals surface area contributed by atoms with Gasteiger partial charge in [0.15, 0.2) is 4.32 Å². The maximum atomic E-state index is 13.9. The molecule has 0 atom stereocenters. The molecule has 0 bridgehead atoms. The van der Waals surface area contributed by atoms with Crippen molar-refractivity contribution in [2.75, 3.05) is 12.0 Å². The molecule has 3 nitrogen and oxygen atoms in total. The van der Waals surface area contributed by atoms with Crippen molar-refractivity contribution in [3.05, 3.63) is 64.6 Å². The van der Waals surface area contributed by atoms with Gasteiger partial charge in [-0.2, -0.15) is 0 Å².